The Morgan fingerprint density at radius 2 is 2.05 bits per heavy atom. The Labute approximate surface area is 110 Å². The zero-order chi connectivity index (χ0) is 14.5. The van der Waals surface area contributed by atoms with Crippen molar-refractivity contribution in [2.75, 3.05) is 11.9 Å². The monoisotopic (exact) mass is 274 g/mol. The van der Waals surface area contributed by atoms with Crippen LogP contribution in [0.1, 0.15) is 25.8 Å². The molecule has 6 heteroatoms. The highest BCUT2D eigenvalue weighted by molar-refractivity contribution is 5.84. The molecular weight excluding hydrogens is 257 g/mol. The fourth-order valence-corrected chi connectivity index (χ4v) is 1.50. The number of anilines is 1. The van der Waals surface area contributed by atoms with E-state index in [1.807, 2.05) is 6.92 Å². The van der Waals surface area contributed by atoms with Gasteiger partial charge in [0.25, 0.3) is 0 Å². The van der Waals surface area contributed by atoms with E-state index in [1.165, 1.54) is 12.1 Å². The van der Waals surface area contributed by atoms with E-state index in [1.54, 1.807) is 6.92 Å². The summed E-state index contributed by atoms with van der Waals surface area (Å²) in [5, 5.41) is 5.42. The van der Waals surface area contributed by atoms with Gasteiger partial charge >= 0.3 is 6.18 Å². The second kappa shape index (κ2) is 6.45. The van der Waals surface area contributed by atoms with Crippen molar-refractivity contribution in [3.05, 3.63) is 29.8 Å². The van der Waals surface area contributed by atoms with Crippen LogP contribution < -0.4 is 10.6 Å². The van der Waals surface area contributed by atoms with Crippen molar-refractivity contribution in [3.8, 4) is 0 Å². The predicted octanol–water partition coefficient (Wildman–Crippen LogP) is 3.03. The molecule has 1 aromatic carbocycles. The molecule has 0 heterocycles. The SMILES string of the molecule is CCCNC(=O)C(C)Nc1cccc(C(F)(F)F)c1. The number of benzene rings is 1. The van der Waals surface area contributed by atoms with Crippen LogP contribution in [0, 0.1) is 0 Å². The normalized spacial score (nSPS) is 12.9. The molecule has 0 bridgehead atoms. The van der Waals surface area contributed by atoms with E-state index < -0.39 is 17.8 Å². The maximum absolute atomic E-state index is 12.5. The predicted molar refractivity (Wildman–Crippen MR) is 67.8 cm³/mol. The Morgan fingerprint density at radius 1 is 1.37 bits per heavy atom. The van der Waals surface area contributed by atoms with Crippen molar-refractivity contribution in [1.82, 2.24) is 5.32 Å². The van der Waals surface area contributed by atoms with Crippen molar-refractivity contribution >= 4 is 11.6 Å². The standard InChI is InChI=1S/C13H17F3N2O/c1-3-7-17-12(19)9(2)18-11-6-4-5-10(8-11)13(14,15)16/h4-6,8-9,18H,3,7H2,1-2H3,(H,17,19). The summed E-state index contributed by atoms with van der Waals surface area (Å²) < 4.78 is 37.6. The average molecular weight is 274 g/mol. The highest BCUT2D eigenvalue weighted by atomic mass is 19.4. The van der Waals surface area contributed by atoms with Gasteiger partial charge in [-0.25, -0.2) is 0 Å². The second-order valence-electron chi connectivity index (χ2n) is 4.24. The molecule has 0 saturated carbocycles. The summed E-state index contributed by atoms with van der Waals surface area (Å²) in [5.74, 6) is -0.237. The Bertz CT molecular complexity index is 432. The van der Waals surface area contributed by atoms with E-state index in [2.05, 4.69) is 10.6 Å². The number of carbonyl (C=O) groups excluding carboxylic acids is 1. The lowest BCUT2D eigenvalue weighted by Gasteiger charge is -2.16. The Morgan fingerprint density at radius 3 is 2.63 bits per heavy atom. The minimum Gasteiger partial charge on any atom is -0.374 e. The van der Waals surface area contributed by atoms with E-state index in [9.17, 15) is 18.0 Å². The first-order chi connectivity index (χ1) is 8.84. The van der Waals surface area contributed by atoms with Crippen LogP contribution in [0.15, 0.2) is 24.3 Å². The number of halogens is 3. The van der Waals surface area contributed by atoms with Gasteiger partial charge in [-0.05, 0) is 31.5 Å². The summed E-state index contributed by atoms with van der Waals surface area (Å²) in [6, 6.07) is 4.20. The first kappa shape index (κ1) is 15.3. The quantitative estimate of drug-likeness (QED) is 0.866. The molecule has 0 saturated heterocycles. The average Bonchev–Trinajstić information content (AvgIpc) is 2.35. The third kappa shape index (κ3) is 4.81. The molecule has 0 fully saturated rings. The van der Waals surface area contributed by atoms with Gasteiger partial charge in [-0.1, -0.05) is 13.0 Å². The van der Waals surface area contributed by atoms with Gasteiger partial charge in [0.1, 0.15) is 6.04 Å². The summed E-state index contributed by atoms with van der Waals surface area (Å²) in [4.78, 5) is 11.6. The van der Waals surface area contributed by atoms with Crippen molar-refractivity contribution in [3.63, 3.8) is 0 Å². The van der Waals surface area contributed by atoms with Gasteiger partial charge in [0, 0.05) is 12.2 Å². The van der Waals surface area contributed by atoms with Gasteiger partial charge in [-0.2, -0.15) is 13.2 Å². The van der Waals surface area contributed by atoms with Gasteiger partial charge in [-0.15, -0.1) is 0 Å². The van der Waals surface area contributed by atoms with Gasteiger partial charge in [0.15, 0.2) is 0 Å². The lowest BCUT2D eigenvalue weighted by atomic mass is 10.2. The van der Waals surface area contributed by atoms with Crippen LogP contribution >= 0.6 is 0 Å². The topological polar surface area (TPSA) is 41.1 Å². The number of alkyl halides is 3. The van der Waals surface area contributed by atoms with E-state index in [0.717, 1.165) is 18.6 Å². The molecule has 0 radical (unpaired) electrons. The minimum atomic E-state index is -4.38. The molecule has 1 atom stereocenters. The summed E-state index contributed by atoms with van der Waals surface area (Å²) >= 11 is 0. The highest BCUT2D eigenvalue weighted by Gasteiger charge is 2.30. The number of hydrogen-bond acceptors (Lipinski definition) is 2. The lowest BCUT2D eigenvalue weighted by molar-refractivity contribution is -0.137. The highest BCUT2D eigenvalue weighted by Crippen LogP contribution is 2.30. The third-order valence-corrected chi connectivity index (χ3v) is 2.52. The molecule has 0 aliphatic heterocycles. The molecule has 19 heavy (non-hydrogen) atoms. The fraction of sp³-hybridized carbons (Fsp3) is 0.462. The van der Waals surface area contributed by atoms with Crippen LogP contribution in [0.4, 0.5) is 18.9 Å². The second-order valence-corrected chi connectivity index (χ2v) is 4.24. The molecule has 0 aliphatic rings. The van der Waals surface area contributed by atoms with Crippen molar-refractivity contribution in [2.24, 2.45) is 0 Å². The van der Waals surface area contributed by atoms with Crippen LogP contribution in [0.25, 0.3) is 0 Å². The number of rotatable bonds is 5. The largest absolute Gasteiger partial charge is 0.416 e. The van der Waals surface area contributed by atoms with E-state index in [4.69, 9.17) is 0 Å². The molecule has 1 amide bonds. The first-order valence-electron chi connectivity index (χ1n) is 6.06. The van der Waals surface area contributed by atoms with Crippen LogP contribution in [-0.4, -0.2) is 18.5 Å². The zero-order valence-electron chi connectivity index (χ0n) is 10.8. The molecule has 0 aliphatic carbocycles. The number of carbonyl (C=O) groups is 1. The Balaban J connectivity index is 2.69. The molecule has 3 nitrogen and oxygen atoms in total. The van der Waals surface area contributed by atoms with Crippen LogP contribution in [0.3, 0.4) is 0 Å². The van der Waals surface area contributed by atoms with Gasteiger partial charge in [0.05, 0.1) is 5.56 Å². The molecule has 0 spiro atoms. The molecular formula is C13H17F3N2O. The maximum atomic E-state index is 12.5. The van der Waals surface area contributed by atoms with Crippen LogP contribution in [0.5, 0.6) is 0 Å². The first-order valence-corrected chi connectivity index (χ1v) is 6.06. The molecule has 1 aromatic rings. The number of hydrogen-bond donors (Lipinski definition) is 2. The number of nitrogens with one attached hydrogen (secondary N) is 2. The third-order valence-electron chi connectivity index (χ3n) is 2.52. The van der Waals surface area contributed by atoms with E-state index in [-0.39, 0.29) is 11.6 Å². The van der Waals surface area contributed by atoms with Crippen LogP contribution in [0.2, 0.25) is 0 Å². The lowest BCUT2D eigenvalue weighted by Crippen LogP contribution is -2.37. The molecule has 106 valence electrons. The summed E-state index contributed by atoms with van der Waals surface area (Å²) in [5.41, 5.74) is -0.465. The van der Waals surface area contributed by atoms with Gasteiger partial charge in [0.2, 0.25) is 5.91 Å². The summed E-state index contributed by atoms with van der Waals surface area (Å²) in [6.07, 6.45) is -3.58. The minimum absolute atomic E-state index is 0.237. The summed E-state index contributed by atoms with van der Waals surface area (Å²) in [6.45, 7) is 4.07. The van der Waals surface area contributed by atoms with Crippen LogP contribution in [-0.2, 0) is 11.0 Å². The van der Waals surface area contributed by atoms with Crippen molar-refractivity contribution in [1.29, 1.82) is 0 Å². The molecule has 2 N–H and O–H groups in total. The zero-order valence-corrected chi connectivity index (χ0v) is 10.8. The smallest absolute Gasteiger partial charge is 0.374 e. The Kier molecular flexibility index (Phi) is 5.20. The molecule has 1 unspecified atom stereocenters. The Hall–Kier alpha value is -1.72. The molecule has 0 aromatic heterocycles. The van der Waals surface area contributed by atoms with Crippen molar-refractivity contribution < 1.29 is 18.0 Å². The van der Waals surface area contributed by atoms with Crippen molar-refractivity contribution in [2.45, 2.75) is 32.5 Å². The van der Waals surface area contributed by atoms with E-state index in [0.29, 0.717) is 6.54 Å². The fourth-order valence-electron chi connectivity index (χ4n) is 1.50. The maximum Gasteiger partial charge on any atom is 0.416 e. The summed E-state index contributed by atoms with van der Waals surface area (Å²) in [7, 11) is 0. The van der Waals surface area contributed by atoms with Gasteiger partial charge < -0.3 is 10.6 Å². The van der Waals surface area contributed by atoms with Gasteiger partial charge in [-0.3, -0.25) is 4.79 Å². The van der Waals surface area contributed by atoms with E-state index >= 15 is 0 Å². The number of amides is 1. The molecule has 1 rings (SSSR count).